The predicted molar refractivity (Wildman–Crippen MR) is 83.0 cm³/mol. The summed E-state index contributed by atoms with van der Waals surface area (Å²) in [5.41, 5.74) is 0.751. The summed E-state index contributed by atoms with van der Waals surface area (Å²) in [6.45, 7) is 9.41. The molecule has 0 aromatic carbocycles. The second kappa shape index (κ2) is 6.12. The van der Waals surface area contributed by atoms with Crippen molar-refractivity contribution in [2.45, 2.75) is 58.9 Å². The summed E-state index contributed by atoms with van der Waals surface area (Å²) in [5.74, 6) is 0.113. The topological polar surface area (TPSA) is 53.4 Å². The summed E-state index contributed by atoms with van der Waals surface area (Å²) in [6.07, 6.45) is 3.49. The van der Waals surface area contributed by atoms with Crippen molar-refractivity contribution in [2.75, 3.05) is 11.4 Å². The molecule has 0 aliphatic heterocycles. The van der Waals surface area contributed by atoms with Gasteiger partial charge in [-0.3, -0.25) is 0 Å². The molecular weight excluding hydrogens is 272 g/mol. The number of aromatic carboxylic acids is 1. The summed E-state index contributed by atoms with van der Waals surface area (Å²) >= 11 is 1.33. The normalized spacial score (nSPS) is 16.4. The van der Waals surface area contributed by atoms with E-state index >= 15 is 0 Å². The van der Waals surface area contributed by atoms with Gasteiger partial charge in [0, 0.05) is 12.6 Å². The molecule has 1 aromatic rings. The van der Waals surface area contributed by atoms with Crippen molar-refractivity contribution in [2.24, 2.45) is 5.92 Å². The average Bonchev–Trinajstić information content (AvgIpc) is 3.11. The Morgan fingerprint density at radius 3 is 2.55 bits per heavy atom. The van der Waals surface area contributed by atoms with Crippen LogP contribution in [-0.2, 0) is 0 Å². The van der Waals surface area contributed by atoms with Gasteiger partial charge in [0.25, 0.3) is 0 Å². The van der Waals surface area contributed by atoms with Crippen molar-refractivity contribution < 1.29 is 9.90 Å². The van der Waals surface area contributed by atoms with Crippen LogP contribution in [0.4, 0.5) is 5.13 Å². The maximum Gasteiger partial charge on any atom is 0.347 e. The van der Waals surface area contributed by atoms with Crippen LogP contribution >= 0.6 is 11.3 Å². The van der Waals surface area contributed by atoms with Crippen LogP contribution in [0, 0.1) is 5.92 Å². The third-order valence-electron chi connectivity index (χ3n) is 3.94. The lowest BCUT2D eigenvalue weighted by atomic mass is 10.0. The number of aromatic nitrogens is 1. The largest absolute Gasteiger partial charge is 0.477 e. The van der Waals surface area contributed by atoms with Crippen LogP contribution in [0.2, 0.25) is 0 Å². The number of nitrogens with zero attached hydrogens (tertiary/aromatic N) is 2. The number of carbonyl (C=O) groups is 1. The molecule has 1 atom stereocenters. The molecule has 0 radical (unpaired) electrons. The summed E-state index contributed by atoms with van der Waals surface area (Å²) < 4.78 is 0. The molecule has 112 valence electrons. The lowest BCUT2D eigenvalue weighted by molar-refractivity contribution is 0.0700. The van der Waals surface area contributed by atoms with Crippen LogP contribution in [0.3, 0.4) is 0 Å². The maximum atomic E-state index is 11.4. The number of carboxylic acids is 1. The quantitative estimate of drug-likeness (QED) is 0.827. The molecule has 1 heterocycles. The Morgan fingerprint density at radius 2 is 2.10 bits per heavy atom. The Bertz CT molecular complexity index is 480. The Labute approximate surface area is 124 Å². The molecule has 2 rings (SSSR count). The van der Waals surface area contributed by atoms with Gasteiger partial charge in [-0.05, 0) is 44.9 Å². The molecule has 1 N–H and O–H groups in total. The minimum Gasteiger partial charge on any atom is -0.477 e. The van der Waals surface area contributed by atoms with Crippen LogP contribution in [0.1, 0.15) is 68.2 Å². The van der Waals surface area contributed by atoms with E-state index in [1.54, 1.807) is 0 Å². The Hall–Kier alpha value is -1.10. The second-order valence-electron chi connectivity index (χ2n) is 6.01. The molecule has 0 bridgehead atoms. The van der Waals surface area contributed by atoms with Gasteiger partial charge in [0.2, 0.25) is 0 Å². The number of thiazole rings is 1. The number of anilines is 1. The van der Waals surface area contributed by atoms with Crippen molar-refractivity contribution in [3.8, 4) is 0 Å². The maximum absolute atomic E-state index is 11.4. The molecule has 1 aromatic heterocycles. The highest BCUT2D eigenvalue weighted by molar-refractivity contribution is 7.17. The molecule has 4 nitrogen and oxygen atoms in total. The zero-order valence-electron chi connectivity index (χ0n) is 12.7. The summed E-state index contributed by atoms with van der Waals surface area (Å²) in [7, 11) is 0. The van der Waals surface area contributed by atoms with E-state index in [4.69, 9.17) is 0 Å². The molecule has 5 heteroatoms. The fraction of sp³-hybridized carbons (Fsp3) is 0.733. The van der Waals surface area contributed by atoms with Crippen LogP contribution in [0.25, 0.3) is 0 Å². The fourth-order valence-corrected chi connectivity index (χ4v) is 3.38. The standard InChI is InChI=1S/C15H24N2O2S/c1-5-10(4)12-13(14(18)19)20-15(16-12)17(9(2)3)8-11-6-7-11/h9-11H,5-8H2,1-4H3,(H,18,19). The first-order chi connectivity index (χ1) is 9.43. The van der Waals surface area contributed by atoms with Crippen LogP contribution in [0.15, 0.2) is 0 Å². The van der Waals surface area contributed by atoms with Gasteiger partial charge in [0.1, 0.15) is 4.88 Å². The van der Waals surface area contributed by atoms with Gasteiger partial charge in [0.15, 0.2) is 5.13 Å². The number of carboxylic acid groups (broad SMARTS) is 1. The molecular formula is C15H24N2O2S. The molecule has 0 amide bonds. The lowest BCUT2D eigenvalue weighted by Crippen LogP contribution is -2.32. The fourth-order valence-electron chi connectivity index (χ4n) is 2.21. The predicted octanol–water partition coefficient (Wildman–Crippen LogP) is 3.98. The molecule has 0 spiro atoms. The first-order valence-electron chi connectivity index (χ1n) is 7.44. The first kappa shape index (κ1) is 15.3. The Morgan fingerprint density at radius 1 is 1.45 bits per heavy atom. The smallest absolute Gasteiger partial charge is 0.347 e. The van der Waals surface area contributed by atoms with E-state index in [0.717, 1.165) is 29.7 Å². The number of hydrogen-bond donors (Lipinski definition) is 1. The van der Waals surface area contributed by atoms with Crippen molar-refractivity contribution in [1.82, 2.24) is 4.98 Å². The van der Waals surface area contributed by atoms with Gasteiger partial charge in [0.05, 0.1) is 5.69 Å². The van der Waals surface area contributed by atoms with Gasteiger partial charge < -0.3 is 10.0 Å². The van der Waals surface area contributed by atoms with Gasteiger partial charge >= 0.3 is 5.97 Å². The van der Waals surface area contributed by atoms with Gasteiger partial charge in [-0.25, -0.2) is 9.78 Å². The number of rotatable bonds is 7. The lowest BCUT2D eigenvalue weighted by Gasteiger charge is -2.26. The molecule has 1 unspecified atom stereocenters. The molecule has 1 aliphatic carbocycles. The van der Waals surface area contributed by atoms with E-state index in [1.807, 2.05) is 6.92 Å². The summed E-state index contributed by atoms with van der Waals surface area (Å²) in [5, 5.41) is 10.3. The van der Waals surface area contributed by atoms with Crippen molar-refractivity contribution in [1.29, 1.82) is 0 Å². The minimum atomic E-state index is -0.848. The van der Waals surface area contributed by atoms with E-state index < -0.39 is 5.97 Å². The van der Waals surface area contributed by atoms with Crippen LogP contribution in [0.5, 0.6) is 0 Å². The van der Waals surface area contributed by atoms with E-state index in [1.165, 1.54) is 24.2 Å². The SMILES string of the molecule is CCC(C)c1nc(N(CC2CC2)C(C)C)sc1C(=O)O. The van der Waals surface area contributed by atoms with Crippen molar-refractivity contribution >= 4 is 22.4 Å². The second-order valence-corrected chi connectivity index (χ2v) is 6.99. The third kappa shape index (κ3) is 3.32. The molecule has 0 saturated heterocycles. The summed E-state index contributed by atoms with van der Waals surface area (Å²) in [6, 6.07) is 0.355. The monoisotopic (exact) mass is 296 g/mol. The van der Waals surface area contributed by atoms with E-state index in [-0.39, 0.29) is 5.92 Å². The first-order valence-corrected chi connectivity index (χ1v) is 8.26. The highest BCUT2D eigenvalue weighted by atomic mass is 32.1. The minimum absolute atomic E-state index is 0.195. The molecule has 20 heavy (non-hydrogen) atoms. The van der Waals surface area contributed by atoms with Crippen LogP contribution in [-0.4, -0.2) is 28.6 Å². The van der Waals surface area contributed by atoms with Gasteiger partial charge in [-0.1, -0.05) is 25.2 Å². The summed E-state index contributed by atoms with van der Waals surface area (Å²) in [4.78, 5) is 18.8. The third-order valence-corrected chi connectivity index (χ3v) is 5.03. The number of hydrogen-bond acceptors (Lipinski definition) is 4. The van der Waals surface area contributed by atoms with E-state index in [0.29, 0.717) is 10.9 Å². The van der Waals surface area contributed by atoms with E-state index in [9.17, 15) is 9.90 Å². The zero-order valence-corrected chi connectivity index (χ0v) is 13.5. The average molecular weight is 296 g/mol. The van der Waals surface area contributed by atoms with Crippen molar-refractivity contribution in [3.63, 3.8) is 0 Å². The Kier molecular flexibility index (Phi) is 4.68. The van der Waals surface area contributed by atoms with Gasteiger partial charge in [-0.15, -0.1) is 0 Å². The molecule has 1 aliphatic rings. The van der Waals surface area contributed by atoms with E-state index in [2.05, 4.69) is 30.7 Å². The molecule has 1 fully saturated rings. The van der Waals surface area contributed by atoms with Gasteiger partial charge in [-0.2, -0.15) is 0 Å². The highest BCUT2D eigenvalue weighted by Crippen LogP contribution is 2.36. The van der Waals surface area contributed by atoms with Crippen LogP contribution < -0.4 is 4.90 Å². The molecule has 1 saturated carbocycles. The highest BCUT2D eigenvalue weighted by Gasteiger charge is 2.29. The van der Waals surface area contributed by atoms with Crippen molar-refractivity contribution in [3.05, 3.63) is 10.6 Å². The zero-order chi connectivity index (χ0) is 14.9. The Balaban J connectivity index is 2.31.